The van der Waals surface area contributed by atoms with Gasteiger partial charge in [-0.05, 0) is 36.2 Å². The number of hydrogen-bond acceptors (Lipinski definition) is 5. The second-order valence-electron chi connectivity index (χ2n) is 5.61. The van der Waals surface area contributed by atoms with Gasteiger partial charge in [0.25, 0.3) is 15.9 Å². The lowest BCUT2D eigenvalue weighted by atomic mass is 10.1. The van der Waals surface area contributed by atoms with Crippen molar-refractivity contribution >= 4 is 27.5 Å². The fraction of sp³-hybridized carbons (Fsp3) is 0.176. The maximum atomic E-state index is 13.5. The van der Waals surface area contributed by atoms with Crippen molar-refractivity contribution in [1.82, 2.24) is 4.72 Å². The van der Waals surface area contributed by atoms with E-state index in [9.17, 15) is 22.4 Å². The summed E-state index contributed by atoms with van der Waals surface area (Å²) in [7, 11) is -4.13. The fourth-order valence-corrected chi connectivity index (χ4v) is 3.48. The number of ether oxygens (including phenoxy) is 1. The number of fused-ring (bicyclic) bond motifs is 1. The highest BCUT2D eigenvalue weighted by Gasteiger charge is 2.22. The molecular weight excluding hydrogens is 363 g/mol. The molecule has 2 aromatic carbocycles. The molecule has 0 unspecified atom stereocenters. The lowest BCUT2D eigenvalue weighted by molar-refractivity contribution is -0.119. The summed E-state index contributed by atoms with van der Waals surface area (Å²) < 4.78 is 45.3. The van der Waals surface area contributed by atoms with Crippen LogP contribution in [0.3, 0.4) is 0 Å². The second-order valence-corrected chi connectivity index (χ2v) is 7.30. The van der Waals surface area contributed by atoms with E-state index in [4.69, 9.17) is 4.74 Å². The van der Waals surface area contributed by atoms with Crippen molar-refractivity contribution in [3.63, 3.8) is 0 Å². The summed E-state index contributed by atoms with van der Waals surface area (Å²) in [5, 5.41) is 2.50. The van der Waals surface area contributed by atoms with Crippen molar-refractivity contribution in [2.24, 2.45) is 0 Å². The predicted molar refractivity (Wildman–Crippen MR) is 90.6 cm³/mol. The Balaban J connectivity index is 1.68. The Kier molecular flexibility index (Phi) is 4.90. The van der Waals surface area contributed by atoms with Gasteiger partial charge in [0.05, 0.1) is 10.6 Å². The van der Waals surface area contributed by atoms with Crippen LogP contribution in [0.25, 0.3) is 0 Å². The molecule has 0 saturated heterocycles. The van der Waals surface area contributed by atoms with Crippen LogP contribution in [-0.4, -0.2) is 26.8 Å². The topological polar surface area (TPSA) is 102 Å². The monoisotopic (exact) mass is 378 g/mol. The Labute approximate surface area is 149 Å². The Morgan fingerprint density at radius 1 is 1.23 bits per heavy atom. The highest BCUT2D eigenvalue weighted by atomic mass is 32.2. The number of sulfonamides is 1. The molecule has 0 radical (unpaired) electrons. The molecule has 2 aromatic rings. The molecule has 2 N–H and O–H groups in total. The van der Waals surface area contributed by atoms with Crippen LogP contribution in [0, 0.1) is 5.82 Å². The van der Waals surface area contributed by atoms with Gasteiger partial charge in [0.15, 0.2) is 6.61 Å². The number of nitrogens with one attached hydrogen (secondary N) is 2. The average Bonchev–Trinajstić information content (AvgIpc) is 2.60. The molecule has 136 valence electrons. The predicted octanol–water partition coefficient (Wildman–Crippen LogP) is 1.59. The van der Waals surface area contributed by atoms with Gasteiger partial charge < -0.3 is 10.1 Å². The molecule has 2 amide bonds. The number of halogens is 1. The molecule has 1 aliphatic heterocycles. The lowest BCUT2D eigenvalue weighted by Crippen LogP contribution is -2.31. The third-order valence-electron chi connectivity index (χ3n) is 3.72. The van der Waals surface area contributed by atoms with Gasteiger partial charge >= 0.3 is 0 Å². The van der Waals surface area contributed by atoms with Gasteiger partial charge in [0, 0.05) is 6.42 Å². The van der Waals surface area contributed by atoms with Gasteiger partial charge in [-0.2, -0.15) is 0 Å². The second kappa shape index (κ2) is 7.12. The van der Waals surface area contributed by atoms with E-state index in [1.807, 2.05) is 4.72 Å². The molecule has 7 nitrogen and oxygen atoms in total. The number of anilines is 1. The van der Waals surface area contributed by atoms with E-state index in [-0.39, 0.29) is 30.0 Å². The zero-order chi connectivity index (χ0) is 18.7. The van der Waals surface area contributed by atoms with E-state index in [0.29, 0.717) is 11.3 Å². The summed E-state index contributed by atoms with van der Waals surface area (Å²) in [5.74, 6) is -1.27. The maximum Gasteiger partial charge on any atom is 0.264 e. The Morgan fingerprint density at radius 3 is 2.77 bits per heavy atom. The molecule has 3 rings (SSSR count). The summed E-state index contributed by atoms with van der Waals surface area (Å²) in [6, 6.07) is 9.84. The number of hydrogen-bond donors (Lipinski definition) is 2. The van der Waals surface area contributed by atoms with E-state index in [0.717, 1.165) is 0 Å². The van der Waals surface area contributed by atoms with E-state index < -0.39 is 27.7 Å². The average molecular weight is 378 g/mol. The molecule has 0 bridgehead atoms. The number of benzene rings is 2. The normalized spacial score (nSPS) is 13.3. The largest absolute Gasteiger partial charge is 0.482 e. The Bertz CT molecular complexity index is 975. The summed E-state index contributed by atoms with van der Waals surface area (Å²) in [4.78, 5) is 23.1. The standard InChI is InChI=1S/C17H15FN2O5S/c18-13-4-2-1-3-11(13)5-8-16(21)20-26(23,24)12-6-7-15-14(9-12)19-17(22)10-25-15/h1-4,6-7,9H,5,8,10H2,(H,19,22)(H,20,21). The van der Waals surface area contributed by atoms with Crippen LogP contribution in [0.4, 0.5) is 10.1 Å². The molecule has 1 heterocycles. The van der Waals surface area contributed by atoms with Crippen LogP contribution in [0.15, 0.2) is 47.4 Å². The first kappa shape index (κ1) is 17.9. The minimum atomic E-state index is -4.13. The first-order chi connectivity index (χ1) is 12.3. The van der Waals surface area contributed by atoms with Gasteiger partial charge in [0.1, 0.15) is 11.6 Å². The van der Waals surface area contributed by atoms with Crippen molar-refractivity contribution in [1.29, 1.82) is 0 Å². The van der Waals surface area contributed by atoms with E-state index in [1.165, 1.54) is 36.4 Å². The van der Waals surface area contributed by atoms with Crippen LogP contribution < -0.4 is 14.8 Å². The minimum Gasteiger partial charge on any atom is -0.482 e. The van der Waals surface area contributed by atoms with Crippen molar-refractivity contribution in [3.05, 3.63) is 53.8 Å². The first-order valence-corrected chi connectivity index (χ1v) is 9.19. The highest BCUT2D eigenvalue weighted by Crippen LogP contribution is 2.30. The third kappa shape index (κ3) is 3.99. The van der Waals surface area contributed by atoms with Gasteiger partial charge in [-0.3, -0.25) is 9.59 Å². The first-order valence-electron chi connectivity index (χ1n) is 7.71. The van der Waals surface area contributed by atoms with Crippen molar-refractivity contribution in [2.45, 2.75) is 17.7 Å². The molecule has 0 aliphatic carbocycles. The minimum absolute atomic E-state index is 0.0715. The molecule has 9 heteroatoms. The summed E-state index contributed by atoms with van der Waals surface area (Å²) in [6.45, 7) is -0.147. The van der Waals surface area contributed by atoms with Gasteiger partial charge in [-0.15, -0.1) is 0 Å². The third-order valence-corrected chi connectivity index (χ3v) is 5.09. The zero-order valence-electron chi connectivity index (χ0n) is 13.5. The van der Waals surface area contributed by atoms with E-state index in [2.05, 4.69) is 5.32 Å². The van der Waals surface area contributed by atoms with Crippen molar-refractivity contribution in [2.75, 3.05) is 11.9 Å². The molecule has 0 atom stereocenters. The van der Waals surface area contributed by atoms with Crippen LogP contribution in [0.2, 0.25) is 0 Å². The number of amides is 2. The van der Waals surface area contributed by atoms with Crippen LogP contribution in [-0.2, 0) is 26.0 Å². The molecule has 1 aliphatic rings. The summed E-state index contributed by atoms with van der Waals surface area (Å²) >= 11 is 0. The molecular formula is C17H15FN2O5S. The summed E-state index contributed by atoms with van der Waals surface area (Å²) in [6.07, 6.45) is -0.118. The smallest absolute Gasteiger partial charge is 0.264 e. The van der Waals surface area contributed by atoms with Crippen LogP contribution >= 0.6 is 0 Å². The lowest BCUT2D eigenvalue weighted by Gasteiger charge is -2.18. The molecule has 0 saturated carbocycles. The molecule has 0 spiro atoms. The summed E-state index contributed by atoms with van der Waals surface area (Å²) in [5.41, 5.74) is 0.539. The highest BCUT2D eigenvalue weighted by molar-refractivity contribution is 7.90. The number of carbonyl (C=O) groups excluding carboxylic acids is 2. The van der Waals surface area contributed by atoms with E-state index in [1.54, 1.807) is 6.07 Å². The number of rotatable bonds is 5. The number of carbonyl (C=O) groups is 2. The van der Waals surface area contributed by atoms with Crippen LogP contribution in [0.5, 0.6) is 5.75 Å². The van der Waals surface area contributed by atoms with Crippen molar-refractivity contribution < 1.29 is 27.1 Å². The number of aryl methyl sites for hydroxylation is 1. The van der Waals surface area contributed by atoms with Gasteiger partial charge in [-0.25, -0.2) is 17.5 Å². The SMILES string of the molecule is O=C1COc2ccc(S(=O)(=O)NC(=O)CCc3ccccc3F)cc2N1. The quantitative estimate of drug-likeness (QED) is 0.823. The van der Waals surface area contributed by atoms with Gasteiger partial charge in [0.2, 0.25) is 5.91 Å². The Hall–Kier alpha value is -2.94. The fourth-order valence-electron chi connectivity index (χ4n) is 2.44. The molecule has 0 fully saturated rings. The Morgan fingerprint density at radius 2 is 2.00 bits per heavy atom. The molecule has 26 heavy (non-hydrogen) atoms. The van der Waals surface area contributed by atoms with Crippen molar-refractivity contribution in [3.8, 4) is 5.75 Å². The van der Waals surface area contributed by atoms with Gasteiger partial charge in [-0.1, -0.05) is 18.2 Å². The van der Waals surface area contributed by atoms with E-state index >= 15 is 0 Å². The zero-order valence-corrected chi connectivity index (χ0v) is 14.3. The van der Waals surface area contributed by atoms with Crippen LogP contribution in [0.1, 0.15) is 12.0 Å². The maximum absolute atomic E-state index is 13.5. The molecule has 0 aromatic heterocycles.